The summed E-state index contributed by atoms with van der Waals surface area (Å²) in [7, 11) is 3.08. The molecule has 0 fully saturated rings. The zero-order valence-corrected chi connectivity index (χ0v) is 14.7. The topological polar surface area (TPSA) is 97.5 Å². The van der Waals surface area contributed by atoms with Crippen molar-refractivity contribution in [2.45, 2.75) is 0 Å². The highest BCUT2D eigenvalue weighted by molar-refractivity contribution is 6.05. The van der Waals surface area contributed by atoms with E-state index in [1.807, 2.05) is 0 Å². The number of ether oxygens (including phenoxy) is 2. The van der Waals surface area contributed by atoms with Gasteiger partial charge in [0.15, 0.2) is 0 Å². The summed E-state index contributed by atoms with van der Waals surface area (Å²) in [5.41, 5.74) is 0.772. The van der Waals surface area contributed by atoms with E-state index in [1.54, 1.807) is 55.6 Å². The molecule has 0 spiro atoms. The number of halogens is 1. The summed E-state index contributed by atoms with van der Waals surface area (Å²) in [4.78, 5) is 25.6. The normalized spacial score (nSPS) is 9.92. The number of ketones is 1. The molecule has 3 rings (SSSR count). The van der Waals surface area contributed by atoms with Gasteiger partial charge in [-0.25, -0.2) is 4.79 Å². The van der Waals surface area contributed by atoms with E-state index < -0.39 is 5.91 Å². The SMILES string of the molecule is COc1ccc(C(=O)c2nn(C(=O)c3ccc(OC)cc3)n[nH+]2)cc1.[Cl-]. The fourth-order valence-electron chi connectivity index (χ4n) is 2.15. The Balaban J connectivity index is 0.00000243. The molecule has 1 N–H and O–H groups in total. The third-order valence-corrected chi connectivity index (χ3v) is 3.53. The molecule has 3 aromatic rings. The Kier molecular flexibility index (Phi) is 6.03. The van der Waals surface area contributed by atoms with Crippen LogP contribution in [-0.4, -0.2) is 41.0 Å². The molecule has 26 heavy (non-hydrogen) atoms. The number of aromatic amines is 1. The standard InChI is InChI=1S/C17H14N4O4.ClH/c1-24-13-7-3-11(4-8-13)15(22)16-18-20-21(19-16)17(23)12-5-9-14(25-2)10-6-12;/h3-10H,1-2H3;1H. The average Bonchev–Trinajstić information content (AvgIpc) is 3.17. The van der Waals surface area contributed by atoms with E-state index in [2.05, 4.69) is 15.4 Å². The predicted molar refractivity (Wildman–Crippen MR) is 85.7 cm³/mol. The van der Waals surface area contributed by atoms with Gasteiger partial charge in [0.25, 0.3) is 5.78 Å². The summed E-state index contributed by atoms with van der Waals surface area (Å²) in [5.74, 6) is 0.391. The van der Waals surface area contributed by atoms with E-state index in [0.29, 0.717) is 22.6 Å². The highest BCUT2D eigenvalue weighted by atomic mass is 35.5. The first-order valence-corrected chi connectivity index (χ1v) is 7.35. The number of tetrazole rings is 1. The monoisotopic (exact) mass is 374 g/mol. The molecule has 0 atom stereocenters. The number of aromatic nitrogens is 4. The first kappa shape index (κ1) is 19.1. The van der Waals surface area contributed by atoms with Crippen LogP contribution in [0.4, 0.5) is 0 Å². The number of carbonyl (C=O) groups excluding carboxylic acids is 2. The van der Waals surface area contributed by atoms with Gasteiger partial charge in [-0.3, -0.25) is 4.79 Å². The van der Waals surface area contributed by atoms with E-state index in [0.717, 1.165) is 4.80 Å². The van der Waals surface area contributed by atoms with Crippen LogP contribution in [-0.2, 0) is 0 Å². The number of H-pyrrole nitrogens is 1. The van der Waals surface area contributed by atoms with Gasteiger partial charge in [0.05, 0.1) is 34.9 Å². The van der Waals surface area contributed by atoms with Gasteiger partial charge in [0.1, 0.15) is 11.5 Å². The number of hydrogen-bond acceptors (Lipinski definition) is 6. The highest BCUT2D eigenvalue weighted by Crippen LogP contribution is 2.13. The molecule has 0 unspecified atom stereocenters. The Morgan fingerprint density at radius 2 is 1.38 bits per heavy atom. The van der Waals surface area contributed by atoms with Crippen LogP contribution in [0.1, 0.15) is 26.5 Å². The molecule has 1 heterocycles. The number of carbonyl (C=O) groups is 2. The molecule has 2 aromatic carbocycles. The Bertz CT molecular complexity index is 833. The number of methoxy groups -OCH3 is 2. The van der Waals surface area contributed by atoms with Crippen molar-refractivity contribution in [3.8, 4) is 11.5 Å². The van der Waals surface area contributed by atoms with Gasteiger partial charge in [-0.1, -0.05) is 0 Å². The van der Waals surface area contributed by atoms with E-state index in [4.69, 9.17) is 9.47 Å². The van der Waals surface area contributed by atoms with Crippen LogP contribution in [0.25, 0.3) is 0 Å². The second-order valence-electron chi connectivity index (χ2n) is 5.04. The molecule has 0 radical (unpaired) electrons. The molecule has 0 amide bonds. The van der Waals surface area contributed by atoms with Crippen molar-refractivity contribution in [3.63, 3.8) is 0 Å². The third-order valence-electron chi connectivity index (χ3n) is 3.53. The maximum absolute atomic E-state index is 12.4. The van der Waals surface area contributed by atoms with Crippen molar-refractivity contribution in [1.29, 1.82) is 0 Å². The molecular formula is C17H15ClN4O4. The van der Waals surface area contributed by atoms with Crippen molar-refractivity contribution < 1.29 is 36.6 Å². The fourth-order valence-corrected chi connectivity index (χ4v) is 2.15. The van der Waals surface area contributed by atoms with Gasteiger partial charge in [0, 0.05) is 5.56 Å². The molecule has 8 nitrogen and oxygen atoms in total. The summed E-state index contributed by atoms with van der Waals surface area (Å²) in [6.45, 7) is 0. The summed E-state index contributed by atoms with van der Waals surface area (Å²) < 4.78 is 10.1. The van der Waals surface area contributed by atoms with Crippen molar-refractivity contribution in [2.24, 2.45) is 0 Å². The molecule has 0 saturated heterocycles. The Morgan fingerprint density at radius 1 is 0.885 bits per heavy atom. The van der Waals surface area contributed by atoms with Crippen LogP contribution in [0.5, 0.6) is 11.5 Å². The van der Waals surface area contributed by atoms with Gasteiger partial charge in [-0.15, -0.1) is 5.10 Å². The quantitative estimate of drug-likeness (QED) is 0.481. The largest absolute Gasteiger partial charge is 1.00 e. The third kappa shape index (κ3) is 3.86. The van der Waals surface area contributed by atoms with E-state index in [9.17, 15) is 9.59 Å². The van der Waals surface area contributed by atoms with Crippen LogP contribution in [0.2, 0.25) is 0 Å². The van der Waals surface area contributed by atoms with E-state index in [1.165, 1.54) is 7.11 Å². The summed E-state index contributed by atoms with van der Waals surface area (Å²) in [5, 5.41) is 10.2. The van der Waals surface area contributed by atoms with Crippen LogP contribution in [0, 0.1) is 0 Å². The highest BCUT2D eigenvalue weighted by Gasteiger charge is 2.26. The van der Waals surface area contributed by atoms with Gasteiger partial charge >= 0.3 is 11.7 Å². The minimum Gasteiger partial charge on any atom is -1.00 e. The molecule has 0 aliphatic heterocycles. The maximum Gasteiger partial charge on any atom is 0.373 e. The first-order chi connectivity index (χ1) is 12.1. The van der Waals surface area contributed by atoms with Gasteiger partial charge in [-0.05, 0) is 48.5 Å². The summed E-state index contributed by atoms with van der Waals surface area (Å²) in [6, 6.07) is 13.1. The van der Waals surface area contributed by atoms with Crippen LogP contribution in [0.3, 0.4) is 0 Å². The van der Waals surface area contributed by atoms with Crippen LogP contribution < -0.4 is 27.0 Å². The van der Waals surface area contributed by atoms with Gasteiger partial charge < -0.3 is 21.9 Å². The van der Waals surface area contributed by atoms with Crippen molar-refractivity contribution >= 4 is 11.7 Å². The summed E-state index contributed by atoms with van der Waals surface area (Å²) >= 11 is 0. The Labute approximate surface area is 155 Å². The number of nitrogens with zero attached hydrogens (tertiary/aromatic N) is 3. The lowest BCUT2D eigenvalue weighted by atomic mass is 10.1. The Morgan fingerprint density at radius 3 is 1.88 bits per heavy atom. The molecular weight excluding hydrogens is 360 g/mol. The van der Waals surface area contributed by atoms with Gasteiger partial charge in [0.2, 0.25) is 0 Å². The molecule has 134 valence electrons. The second kappa shape index (κ2) is 8.21. The van der Waals surface area contributed by atoms with Crippen molar-refractivity contribution in [3.05, 3.63) is 65.5 Å². The fraction of sp³-hybridized carbons (Fsp3) is 0.118. The maximum atomic E-state index is 12.4. The van der Waals surface area contributed by atoms with Crippen LogP contribution >= 0.6 is 0 Å². The average molecular weight is 375 g/mol. The number of benzene rings is 2. The molecule has 0 aliphatic carbocycles. The molecule has 1 aromatic heterocycles. The lowest BCUT2D eigenvalue weighted by Crippen LogP contribution is -3.00. The van der Waals surface area contributed by atoms with Crippen LogP contribution in [0.15, 0.2) is 48.5 Å². The lowest BCUT2D eigenvalue weighted by Gasteiger charge is -1.99. The minimum atomic E-state index is -0.465. The zero-order valence-electron chi connectivity index (χ0n) is 14.0. The molecule has 0 aliphatic rings. The van der Waals surface area contributed by atoms with Gasteiger partial charge in [-0.2, -0.15) is 0 Å². The van der Waals surface area contributed by atoms with E-state index in [-0.39, 0.29) is 24.0 Å². The smallest absolute Gasteiger partial charge is 0.373 e. The number of nitrogens with one attached hydrogen (secondary N) is 1. The number of hydrogen-bond donors (Lipinski definition) is 0. The first-order valence-electron chi connectivity index (χ1n) is 7.35. The summed E-state index contributed by atoms with van der Waals surface area (Å²) in [6.07, 6.45) is 0. The minimum absolute atomic E-state index is 0. The Hall–Kier alpha value is -3.26. The lowest BCUT2D eigenvalue weighted by molar-refractivity contribution is -0.460. The number of rotatable bonds is 5. The van der Waals surface area contributed by atoms with Crippen molar-refractivity contribution in [1.82, 2.24) is 15.1 Å². The zero-order chi connectivity index (χ0) is 17.8. The molecule has 9 heteroatoms. The molecule has 0 saturated carbocycles. The molecule has 0 bridgehead atoms. The van der Waals surface area contributed by atoms with E-state index >= 15 is 0 Å². The predicted octanol–water partition coefficient (Wildman–Crippen LogP) is -1.97. The second-order valence-corrected chi connectivity index (χ2v) is 5.04. The van der Waals surface area contributed by atoms with Crippen molar-refractivity contribution in [2.75, 3.05) is 14.2 Å².